The summed E-state index contributed by atoms with van der Waals surface area (Å²) in [7, 11) is 3.64. The van der Waals surface area contributed by atoms with Gasteiger partial charge in [0.05, 0.1) is 25.8 Å². The molecule has 1 N–H and O–H groups in total. The highest BCUT2D eigenvalue weighted by molar-refractivity contribution is 5.85. The van der Waals surface area contributed by atoms with Gasteiger partial charge < -0.3 is 24.3 Å². The zero-order valence-electron chi connectivity index (χ0n) is 16.5. The number of amides is 2. The Balaban J connectivity index is 1.54. The topological polar surface area (TPSA) is 87.9 Å². The molecule has 1 aromatic heterocycles. The normalized spacial score (nSPS) is 14.8. The summed E-state index contributed by atoms with van der Waals surface area (Å²) in [6.07, 6.45) is 0.0709. The SMILES string of the molecule is COc1ccc(-c2nc(CC(=O)NCC(=O)N3CCN(C)CC3)c(C)o2)cc1. The van der Waals surface area contributed by atoms with Crippen LogP contribution in [0.1, 0.15) is 11.5 Å². The van der Waals surface area contributed by atoms with Crippen molar-refractivity contribution in [2.75, 3.05) is 46.9 Å². The smallest absolute Gasteiger partial charge is 0.242 e. The number of rotatable bonds is 6. The minimum Gasteiger partial charge on any atom is -0.497 e. The van der Waals surface area contributed by atoms with Gasteiger partial charge in [-0.3, -0.25) is 9.59 Å². The second-order valence-electron chi connectivity index (χ2n) is 6.89. The van der Waals surface area contributed by atoms with E-state index < -0.39 is 0 Å². The third kappa shape index (κ3) is 4.89. The van der Waals surface area contributed by atoms with Crippen LogP contribution in [0.15, 0.2) is 28.7 Å². The van der Waals surface area contributed by atoms with Crippen LogP contribution in [0, 0.1) is 6.92 Å². The van der Waals surface area contributed by atoms with Gasteiger partial charge in [-0.1, -0.05) is 0 Å². The Hall–Kier alpha value is -2.87. The van der Waals surface area contributed by atoms with Gasteiger partial charge in [0.25, 0.3) is 0 Å². The zero-order valence-corrected chi connectivity index (χ0v) is 16.5. The van der Waals surface area contributed by atoms with Gasteiger partial charge in [0.1, 0.15) is 11.5 Å². The molecular weight excluding hydrogens is 360 g/mol. The molecule has 8 nitrogen and oxygen atoms in total. The summed E-state index contributed by atoms with van der Waals surface area (Å²) in [5, 5.41) is 2.69. The van der Waals surface area contributed by atoms with Crippen molar-refractivity contribution in [3.8, 4) is 17.2 Å². The Morgan fingerprint density at radius 2 is 1.86 bits per heavy atom. The lowest BCUT2D eigenvalue weighted by Crippen LogP contribution is -2.50. The van der Waals surface area contributed by atoms with Gasteiger partial charge in [0.2, 0.25) is 17.7 Å². The van der Waals surface area contributed by atoms with Crippen LogP contribution in [0.5, 0.6) is 5.75 Å². The van der Waals surface area contributed by atoms with E-state index >= 15 is 0 Å². The van der Waals surface area contributed by atoms with Crippen LogP contribution in [-0.4, -0.2) is 73.5 Å². The molecule has 1 aliphatic rings. The summed E-state index contributed by atoms with van der Waals surface area (Å²) in [4.78, 5) is 32.9. The van der Waals surface area contributed by atoms with Crippen LogP contribution < -0.4 is 10.1 Å². The van der Waals surface area contributed by atoms with Crippen molar-refractivity contribution >= 4 is 11.8 Å². The van der Waals surface area contributed by atoms with E-state index in [9.17, 15) is 9.59 Å². The largest absolute Gasteiger partial charge is 0.497 e. The molecule has 3 rings (SSSR count). The number of likely N-dealkylation sites (N-methyl/N-ethyl adjacent to an activating group) is 1. The zero-order chi connectivity index (χ0) is 20.1. The molecule has 1 aromatic carbocycles. The van der Waals surface area contributed by atoms with E-state index in [4.69, 9.17) is 9.15 Å². The predicted octanol–water partition coefficient (Wildman–Crippen LogP) is 1.09. The number of benzene rings is 1. The summed E-state index contributed by atoms with van der Waals surface area (Å²) in [6.45, 7) is 4.87. The Morgan fingerprint density at radius 1 is 1.18 bits per heavy atom. The minimum atomic E-state index is -0.250. The first-order chi connectivity index (χ1) is 13.5. The molecule has 0 radical (unpaired) electrons. The van der Waals surface area contributed by atoms with Gasteiger partial charge in [0, 0.05) is 31.7 Å². The summed E-state index contributed by atoms with van der Waals surface area (Å²) in [5.41, 5.74) is 1.37. The molecule has 2 aromatic rings. The van der Waals surface area contributed by atoms with Crippen molar-refractivity contribution in [3.05, 3.63) is 35.7 Å². The van der Waals surface area contributed by atoms with Gasteiger partial charge in [-0.25, -0.2) is 4.98 Å². The van der Waals surface area contributed by atoms with Gasteiger partial charge in [-0.15, -0.1) is 0 Å². The fraction of sp³-hybridized carbons (Fsp3) is 0.450. The predicted molar refractivity (Wildman–Crippen MR) is 104 cm³/mol. The van der Waals surface area contributed by atoms with E-state index in [0.29, 0.717) is 30.4 Å². The number of carbonyl (C=O) groups is 2. The van der Waals surface area contributed by atoms with Crippen LogP contribution in [0.2, 0.25) is 0 Å². The first-order valence-corrected chi connectivity index (χ1v) is 9.30. The number of hydrogen-bond acceptors (Lipinski definition) is 6. The van der Waals surface area contributed by atoms with Crippen LogP contribution in [-0.2, 0) is 16.0 Å². The molecule has 2 amide bonds. The van der Waals surface area contributed by atoms with E-state index in [0.717, 1.165) is 24.4 Å². The van der Waals surface area contributed by atoms with Crippen molar-refractivity contribution < 1.29 is 18.7 Å². The number of oxazole rings is 1. The lowest BCUT2D eigenvalue weighted by Gasteiger charge is -2.32. The monoisotopic (exact) mass is 386 g/mol. The number of aromatic nitrogens is 1. The third-order valence-corrected chi connectivity index (χ3v) is 4.85. The lowest BCUT2D eigenvalue weighted by molar-refractivity contribution is -0.134. The molecule has 1 saturated heterocycles. The van der Waals surface area contributed by atoms with Gasteiger partial charge >= 0.3 is 0 Å². The molecule has 0 bridgehead atoms. The number of nitrogens with zero attached hydrogens (tertiary/aromatic N) is 3. The first kappa shape index (κ1) is 19.9. The molecule has 8 heteroatoms. The van der Waals surface area contributed by atoms with Crippen LogP contribution in [0.25, 0.3) is 11.5 Å². The highest BCUT2D eigenvalue weighted by Gasteiger charge is 2.20. The maximum atomic E-state index is 12.2. The first-order valence-electron chi connectivity index (χ1n) is 9.30. The van der Waals surface area contributed by atoms with Crippen molar-refractivity contribution in [2.45, 2.75) is 13.3 Å². The second kappa shape index (κ2) is 8.88. The van der Waals surface area contributed by atoms with Crippen LogP contribution >= 0.6 is 0 Å². The highest BCUT2D eigenvalue weighted by Crippen LogP contribution is 2.24. The molecule has 0 saturated carbocycles. The van der Waals surface area contributed by atoms with Crippen LogP contribution in [0.4, 0.5) is 0 Å². The summed E-state index contributed by atoms with van der Waals surface area (Å²) >= 11 is 0. The number of piperazine rings is 1. The summed E-state index contributed by atoms with van der Waals surface area (Å²) in [6, 6.07) is 7.35. The maximum absolute atomic E-state index is 12.2. The molecule has 2 heterocycles. The fourth-order valence-corrected chi connectivity index (χ4v) is 3.01. The van der Waals surface area contributed by atoms with Crippen molar-refractivity contribution in [1.82, 2.24) is 20.1 Å². The Labute approximate surface area is 164 Å². The Morgan fingerprint density at radius 3 is 2.50 bits per heavy atom. The van der Waals surface area contributed by atoms with E-state index in [-0.39, 0.29) is 24.8 Å². The highest BCUT2D eigenvalue weighted by atomic mass is 16.5. The number of aryl methyl sites for hydroxylation is 1. The summed E-state index contributed by atoms with van der Waals surface area (Å²) < 4.78 is 10.8. The summed E-state index contributed by atoms with van der Waals surface area (Å²) in [5.74, 6) is 1.48. The average Bonchev–Trinajstić information content (AvgIpc) is 3.07. The molecule has 0 spiro atoms. The van der Waals surface area contributed by atoms with Gasteiger partial charge in [0.15, 0.2) is 0 Å². The van der Waals surface area contributed by atoms with Gasteiger partial charge in [-0.2, -0.15) is 0 Å². The second-order valence-corrected chi connectivity index (χ2v) is 6.89. The third-order valence-electron chi connectivity index (χ3n) is 4.85. The molecule has 0 aliphatic carbocycles. The van der Waals surface area contributed by atoms with Crippen molar-refractivity contribution in [3.63, 3.8) is 0 Å². The van der Waals surface area contributed by atoms with Crippen molar-refractivity contribution in [2.24, 2.45) is 0 Å². The Bertz CT molecular complexity index is 823. The maximum Gasteiger partial charge on any atom is 0.242 e. The number of hydrogen-bond donors (Lipinski definition) is 1. The minimum absolute atomic E-state index is 0.00475. The number of nitrogens with one attached hydrogen (secondary N) is 1. The standard InChI is InChI=1S/C20H26N4O4/c1-14-17(22-20(28-14)15-4-6-16(27-3)7-5-15)12-18(25)21-13-19(26)24-10-8-23(2)9-11-24/h4-7H,8-13H2,1-3H3,(H,21,25). The lowest BCUT2D eigenvalue weighted by atomic mass is 10.2. The number of carbonyl (C=O) groups excluding carboxylic acids is 2. The molecule has 0 atom stereocenters. The van der Waals surface area contributed by atoms with Crippen LogP contribution in [0.3, 0.4) is 0 Å². The van der Waals surface area contributed by atoms with Gasteiger partial charge in [-0.05, 0) is 38.2 Å². The molecule has 150 valence electrons. The molecule has 0 unspecified atom stereocenters. The van der Waals surface area contributed by atoms with E-state index in [2.05, 4.69) is 15.2 Å². The molecular formula is C20H26N4O4. The average molecular weight is 386 g/mol. The van der Waals surface area contributed by atoms with E-state index in [1.54, 1.807) is 18.9 Å². The number of ether oxygens (including phenoxy) is 1. The van der Waals surface area contributed by atoms with Crippen molar-refractivity contribution in [1.29, 1.82) is 0 Å². The van der Waals surface area contributed by atoms with E-state index in [1.165, 1.54) is 0 Å². The number of methoxy groups -OCH3 is 1. The fourth-order valence-electron chi connectivity index (χ4n) is 3.01. The molecule has 1 aliphatic heterocycles. The Kier molecular flexibility index (Phi) is 6.30. The van der Waals surface area contributed by atoms with E-state index in [1.807, 2.05) is 31.3 Å². The molecule has 1 fully saturated rings. The quantitative estimate of drug-likeness (QED) is 0.800. The molecule has 28 heavy (non-hydrogen) atoms.